The van der Waals surface area contributed by atoms with Gasteiger partial charge in [0, 0.05) is 29.0 Å². The van der Waals surface area contributed by atoms with Crippen molar-refractivity contribution in [2.24, 2.45) is 0 Å². The third-order valence-corrected chi connectivity index (χ3v) is 4.25. The topological polar surface area (TPSA) is 61.4 Å². The SMILES string of the molecule is CCCNC(=O)c1ccc(Cl)cc1NCC(=O)N(c1ccccc1)C(C)C. The van der Waals surface area contributed by atoms with E-state index in [0.29, 0.717) is 22.8 Å². The molecule has 0 unspecified atom stereocenters. The minimum atomic E-state index is -0.188. The Morgan fingerprint density at radius 2 is 1.81 bits per heavy atom. The summed E-state index contributed by atoms with van der Waals surface area (Å²) in [6.45, 7) is 6.57. The van der Waals surface area contributed by atoms with E-state index < -0.39 is 0 Å². The van der Waals surface area contributed by atoms with Gasteiger partial charge in [-0.3, -0.25) is 9.59 Å². The summed E-state index contributed by atoms with van der Waals surface area (Å²) in [4.78, 5) is 26.9. The fourth-order valence-corrected chi connectivity index (χ4v) is 2.94. The second kappa shape index (κ2) is 9.97. The molecule has 0 atom stereocenters. The van der Waals surface area contributed by atoms with Crippen LogP contribution in [0.2, 0.25) is 5.02 Å². The Kier molecular flexibility index (Phi) is 7.67. The number of carbonyl (C=O) groups excluding carboxylic acids is 2. The number of amides is 2. The molecule has 6 heteroatoms. The summed E-state index contributed by atoms with van der Waals surface area (Å²) in [6.07, 6.45) is 0.848. The van der Waals surface area contributed by atoms with E-state index in [1.807, 2.05) is 51.1 Å². The number of nitrogens with zero attached hydrogens (tertiary/aromatic N) is 1. The van der Waals surface area contributed by atoms with Crippen LogP contribution >= 0.6 is 11.6 Å². The van der Waals surface area contributed by atoms with E-state index in [-0.39, 0.29) is 24.4 Å². The smallest absolute Gasteiger partial charge is 0.253 e. The van der Waals surface area contributed by atoms with Gasteiger partial charge in [-0.25, -0.2) is 0 Å². The molecule has 0 bridgehead atoms. The standard InChI is InChI=1S/C21H26ClN3O2/c1-4-12-23-21(27)18-11-10-16(22)13-19(18)24-14-20(26)25(15(2)3)17-8-6-5-7-9-17/h5-11,13,15,24H,4,12,14H2,1-3H3,(H,23,27). The molecule has 2 aromatic rings. The quantitative estimate of drug-likeness (QED) is 0.708. The summed E-state index contributed by atoms with van der Waals surface area (Å²) in [5.74, 6) is -0.275. The van der Waals surface area contributed by atoms with Crippen LogP contribution in [-0.2, 0) is 4.79 Å². The first kappa shape index (κ1) is 20.8. The first-order valence-corrected chi connectivity index (χ1v) is 9.50. The number of hydrogen-bond acceptors (Lipinski definition) is 3. The third kappa shape index (κ3) is 5.73. The molecule has 0 heterocycles. The van der Waals surface area contributed by atoms with Crippen molar-refractivity contribution in [1.82, 2.24) is 5.32 Å². The summed E-state index contributed by atoms with van der Waals surface area (Å²) in [5, 5.41) is 6.43. The van der Waals surface area contributed by atoms with Crippen LogP contribution in [0.5, 0.6) is 0 Å². The van der Waals surface area contributed by atoms with Crippen LogP contribution in [-0.4, -0.2) is 30.9 Å². The van der Waals surface area contributed by atoms with Gasteiger partial charge in [0.1, 0.15) is 0 Å². The van der Waals surface area contributed by atoms with Gasteiger partial charge in [0.05, 0.1) is 12.1 Å². The highest BCUT2D eigenvalue weighted by molar-refractivity contribution is 6.31. The van der Waals surface area contributed by atoms with Crippen LogP contribution in [0.15, 0.2) is 48.5 Å². The number of rotatable bonds is 8. The molecule has 144 valence electrons. The zero-order chi connectivity index (χ0) is 19.8. The van der Waals surface area contributed by atoms with Gasteiger partial charge in [-0.2, -0.15) is 0 Å². The van der Waals surface area contributed by atoms with Gasteiger partial charge >= 0.3 is 0 Å². The Hall–Kier alpha value is -2.53. The number of para-hydroxylation sites is 1. The second-order valence-electron chi connectivity index (χ2n) is 6.49. The molecular formula is C21H26ClN3O2. The summed E-state index contributed by atoms with van der Waals surface area (Å²) in [7, 11) is 0. The van der Waals surface area contributed by atoms with Gasteiger partial charge < -0.3 is 15.5 Å². The van der Waals surface area contributed by atoms with Crippen molar-refractivity contribution in [3.63, 3.8) is 0 Å². The van der Waals surface area contributed by atoms with Crippen LogP contribution in [0.1, 0.15) is 37.6 Å². The van der Waals surface area contributed by atoms with Crippen molar-refractivity contribution < 1.29 is 9.59 Å². The molecule has 0 aromatic heterocycles. The first-order chi connectivity index (χ1) is 12.9. The minimum absolute atomic E-state index is 0.00776. The van der Waals surface area contributed by atoms with E-state index in [4.69, 9.17) is 11.6 Å². The van der Waals surface area contributed by atoms with Crippen LogP contribution in [0, 0.1) is 0 Å². The molecule has 27 heavy (non-hydrogen) atoms. The highest BCUT2D eigenvalue weighted by atomic mass is 35.5. The zero-order valence-electron chi connectivity index (χ0n) is 16.0. The molecule has 2 rings (SSSR count). The maximum atomic E-state index is 12.8. The van der Waals surface area contributed by atoms with E-state index in [1.54, 1.807) is 23.1 Å². The Bertz CT molecular complexity index is 778. The largest absolute Gasteiger partial charge is 0.375 e. The van der Waals surface area contributed by atoms with Gasteiger partial charge in [-0.05, 0) is 50.6 Å². The van der Waals surface area contributed by atoms with Gasteiger partial charge in [-0.15, -0.1) is 0 Å². The second-order valence-corrected chi connectivity index (χ2v) is 6.93. The number of benzene rings is 2. The normalized spacial score (nSPS) is 10.6. The molecule has 0 spiro atoms. The Morgan fingerprint density at radius 3 is 2.44 bits per heavy atom. The molecule has 2 amide bonds. The summed E-state index contributed by atoms with van der Waals surface area (Å²) in [5.41, 5.74) is 1.85. The number of carbonyl (C=O) groups is 2. The van der Waals surface area contributed by atoms with Crippen LogP contribution < -0.4 is 15.5 Å². The van der Waals surface area contributed by atoms with E-state index in [0.717, 1.165) is 12.1 Å². The average molecular weight is 388 g/mol. The maximum absolute atomic E-state index is 12.8. The third-order valence-electron chi connectivity index (χ3n) is 4.01. The maximum Gasteiger partial charge on any atom is 0.253 e. The molecular weight excluding hydrogens is 362 g/mol. The van der Waals surface area contributed by atoms with Crippen molar-refractivity contribution in [1.29, 1.82) is 0 Å². The van der Waals surface area contributed by atoms with Gasteiger partial charge in [0.2, 0.25) is 5.91 Å². The predicted molar refractivity (Wildman–Crippen MR) is 112 cm³/mol. The number of hydrogen-bond donors (Lipinski definition) is 2. The summed E-state index contributed by atoms with van der Waals surface area (Å²) in [6, 6.07) is 14.5. The summed E-state index contributed by atoms with van der Waals surface area (Å²) < 4.78 is 0. The van der Waals surface area contributed by atoms with Crippen molar-refractivity contribution >= 4 is 34.8 Å². The van der Waals surface area contributed by atoms with Crippen molar-refractivity contribution in [2.75, 3.05) is 23.3 Å². The monoisotopic (exact) mass is 387 g/mol. The van der Waals surface area contributed by atoms with Crippen LogP contribution in [0.25, 0.3) is 0 Å². The molecule has 0 aliphatic rings. The highest BCUT2D eigenvalue weighted by Gasteiger charge is 2.19. The lowest BCUT2D eigenvalue weighted by molar-refractivity contribution is -0.117. The Balaban J connectivity index is 2.16. The molecule has 2 aromatic carbocycles. The lowest BCUT2D eigenvalue weighted by Crippen LogP contribution is -2.40. The lowest BCUT2D eigenvalue weighted by Gasteiger charge is -2.27. The Morgan fingerprint density at radius 1 is 1.11 bits per heavy atom. The van der Waals surface area contributed by atoms with Gasteiger partial charge in [0.25, 0.3) is 5.91 Å². The summed E-state index contributed by atoms with van der Waals surface area (Å²) >= 11 is 6.08. The van der Waals surface area contributed by atoms with Gasteiger partial charge in [0.15, 0.2) is 0 Å². The van der Waals surface area contributed by atoms with E-state index in [1.165, 1.54) is 0 Å². The molecule has 0 saturated heterocycles. The Labute approximate surface area is 165 Å². The predicted octanol–water partition coefficient (Wildman–Crippen LogP) is 4.33. The molecule has 0 fully saturated rings. The van der Waals surface area contributed by atoms with Crippen molar-refractivity contribution in [2.45, 2.75) is 33.2 Å². The highest BCUT2D eigenvalue weighted by Crippen LogP contribution is 2.22. The van der Waals surface area contributed by atoms with E-state index in [9.17, 15) is 9.59 Å². The first-order valence-electron chi connectivity index (χ1n) is 9.12. The average Bonchev–Trinajstić information content (AvgIpc) is 2.65. The molecule has 0 saturated carbocycles. The van der Waals surface area contributed by atoms with Crippen LogP contribution in [0.4, 0.5) is 11.4 Å². The fourth-order valence-electron chi connectivity index (χ4n) is 2.77. The van der Waals surface area contributed by atoms with E-state index in [2.05, 4.69) is 10.6 Å². The number of anilines is 2. The lowest BCUT2D eigenvalue weighted by atomic mass is 10.1. The van der Waals surface area contributed by atoms with Crippen LogP contribution in [0.3, 0.4) is 0 Å². The van der Waals surface area contributed by atoms with E-state index >= 15 is 0 Å². The zero-order valence-corrected chi connectivity index (χ0v) is 16.7. The molecule has 5 nitrogen and oxygen atoms in total. The van der Waals surface area contributed by atoms with Crippen molar-refractivity contribution in [3.05, 3.63) is 59.1 Å². The minimum Gasteiger partial charge on any atom is -0.375 e. The molecule has 0 aliphatic carbocycles. The fraction of sp³-hybridized carbons (Fsp3) is 0.333. The molecule has 2 N–H and O–H groups in total. The molecule has 0 radical (unpaired) electrons. The van der Waals surface area contributed by atoms with Gasteiger partial charge in [-0.1, -0.05) is 36.7 Å². The number of halogens is 1. The number of nitrogens with one attached hydrogen (secondary N) is 2. The molecule has 0 aliphatic heterocycles. The van der Waals surface area contributed by atoms with Crippen molar-refractivity contribution in [3.8, 4) is 0 Å².